The van der Waals surface area contributed by atoms with Gasteiger partial charge in [0.25, 0.3) is 10.1 Å². The minimum absolute atomic E-state index is 0. The average molecular weight is 236 g/mol. The van der Waals surface area contributed by atoms with Crippen LogP contribution < -0.4 is 5.73 Å². The molecule has 0 aromatic carbocycles. The maximum atomic E-state index is 10.3. The normalized spacial score (nSPS) is 12.7. The van der Waals surface area contributed by atoms with E-state index in [0.29, 0.717) is 0 Å². The molecule has 4 N–H and O–H groups in total. The molecule has 0 aromatic heterocycles. The molecule has 9 heteroatoms. The van der Waals surface area contributed by atoms with Crippen LogP contribution in [0.4, 0.5) is 0 Å². The van der Waals surface area contributed by atoms with E-state index >= 15 is 0 Å². The standard InChI is InChI=1S/C4H7NO6S.K/c5-3(6)1-2(4(7)8)12(9,10)11;/h2H,1H2,(H2,5,6)(H,7,8)(H,9,10,11);. The smallest absolute Gasteiger partial charge is 0.324 e. The SMILES string of the molecule is NC(=O)CC(C(=O)O)S(=O)(=O)O.[K]. The number of amides is 1. The first kappa shape index (κ1) is 15.9. The van der Waals surface area contributed by atoms with E-state index in [4.69, 9.17) is 9.66 Å². The molecule has 1 radical (unpaired) electrons. The molecule has 71 valence electrons. The quantitative estimate of drug-likeness (QED) is 0.375. The Morgan fingerprint density at radius 1 is 1.38 bits per heavy atom. The average Bonchev–Trinajstić information content (AvgIpc) is 1.79. The van der Waals surface area contributed by atoms with Gasteiger partial charge < -0.3 is 10.8 Å². The van der Waals surface area contributed by atoms with Crippen molar-refractivity contribution in [2.75, 3.05) is 0 Å². The van der Waals surface area contributed by atoms with Gasteiger partial charge in [0, 0.05) is 51.4 Å². The van der Waals surface area contributed by atoms with Crippen LogP contribution in [0.15, 0.2) is 0 Å². The number of primary amides is 1. The van der Waals surface area contributed by atoms with Crippen LogP contribution in [0, 0.1) is 0 Å². The van der Waals surface area contributed by atoms with Crippen LogP contribution in [0.3, 0.4) is 0 Å². The molecule has 1 amide bonds. The van der Waals surface area contributed by atoms with Gasteiger partial charge in [-0.05, 0) is 0 Å². The third-order valence-electron chi connectivity index (χ3n) is 1.02. The van der Waals surface area contributed by atoms with Crippen molar-refractivity contribution >= 4 is 73.4 Å². The molecule has 0 bridgehead atoms. The Hall–Kier alpha value is 0.486. The van der Waals surface area contributed by atoms with Gasteiger partial charge in [-0.1, -0.05) is 0 Å². The maximum absolute atomic E-state index is 10.3. The van der Waals surface area contributed by atoms with Crippen LogP contribution in [0.25, 0.3) is 0 Å². The summed E-state index contributed by atoms with van der Waals surface area (Å²) in [6.07, 6.45) is -0.936. The number of carbonyl (C=O) groups excluding carboxylic acids is 1. The molecule has 7 nitrogen and oxygen atoms in total. The van der Waals surface area contributed by atoms with Crippen LogP contribution >= 0.6 is 0 Å². The fourth-order valence-corrected chi connectivity index (χ4v) is 1.13. The summed E-state index contributed by atoms with van der Waals surface area (Å²) in [7, 11) is -4.76. The van der Waals surface area contributed by atoms with E-state index in [0.717, 1.165) is 0 Å². The summed E-state index contributed by atoms with van der Waals surface area (Å²) in [5.74, 6) is -2.92. The van der Waals surface area contributed by atoms with Crippen LogP contribution in [0.1, 0.15) is 6.42 Å². The summed E-state index contributed by atoms with van der Waals surface area (Å²) in [5.41, 5.74) is 4.55. The van der Waals surface area contributed by atoms with Gasteiger partial charge in [0.2, 0.25) is 5.91 Å². The van der Waals surface area contributed by atoms with Crippen molar-refractivity contribution in [2.24, 2.45) is 5.73 Å². The van der Waals surface area contributed by atoms with E-state index in [-0.39, 0.29) is 51.4 Å². The Kier molecular flexibility index (Phi) is 7.43. The predicted molar refractivity (Wildman–Crippen MR) is 42.5 cm³/mol. The second-order valence-corrected chi connectivity index (χ2v) is 3.61. The van der Waals surface area contributed by atoms with Crippen LogP contribution in [-0.4, -0.2) is 86.6 Å². The van der Waals surface area contributed by atoms with E-state index in [9.17, 15) is 18.0 Å². The number of rotatable bonds is 4. The van der Waals surface area contributed by atoms with Crippen LogP contribution in [0.5, 0.6) is 0 Å². The molecule has 0 fully saturated rings. The van der Waals surface area contributed by atoms with E-state index in [2.05, 4.69) is 5.73 Å². The minimum atomic E-state index is -4.76. The zero-order valence-corrected chi connectivity index (χ0v) is 10.7. The number of hydrogen-bond donors (Lipinski definition) is 3. The molecule has 0 aliphatic heterocycles. The summed E-state index contributed by atoms with van der Waals surface area (Å²) in [6, 6.07) is 0. The number of hydrogen-bond acceptors (Lipinski definition) is 4. The Balaban J connectivity index is 0. The summed E-state index contributed by atoms with van der Waals surface area (Å²) in [5, 5.41) is 6.04. The largest absolute Gasteiger partial charge is 0.480 e. The first-order valence-electron chi connectivity index (χ1n) is 2.72. The molecule has 0 aliphatic carbocycles. The Labute approximate surface area is 117 Å². The molecule has 0 rings (SSSR count). The summed E-state index contributed by atoms with van der Waals surface area (Å²) in [6.45, 7) is 0. The number of nitrogens with two attached hydrogens (primary N) is 1. The molecule has 1 atom stereocenters. The molecule has 0 spiro atoms. The summed E-state index contributed by atoms with van der Waals surface area (Å²) < 4.78 is 28.8. The zero-order valence-electron chi connectivity index (χ0n) is 6.80. The predicted octanol–water partition coefficient (Wildman–Crippen LogP) is -2.18. The Morgan fingerprint density at radius 2 is 1.77 bits per heavy atom. The third kappa shape index (κ3) is 6.54. The maximum Gasteiger partial charge on any atom is 0.324 e. The molecule has 0 heterocycles. The second kappa shape index (κ2) is 6.06. The van der Waals surface area contributed by atoms with Gasteiger partial charge in [-0.25, -0.2) is 0 Å². The molecule has 0 saturated heterocycles. The minimum Gasteiger partial charge on any atom is -0.480 e. The first-order chi connectivity index (χ1) is 5.25. The van der Waals surface area contributed by atoms with Gasteiger partial charge in [-0.2, -0.15) is 8.42 Å². The molecule has 0 aromatic rings. The molecular formula is C4H7KNO6S. The Morgan fingerprint density at radius 3 is 1.85 bits per heavy atom. The van der Waals surface area contributed by atoms with Crippen molar-refractivity contribution in [3.63, 3.8) is 0 Å². The van der Waals surface area contributed by atoms with Gasteiger partial charge in [-0.15, -0.1) is 0 Å². The summed E-state index contributed by atoms with van der Waals surface area (Å²) in [4.78, 5) is 20.3. The van der Waals surface area contributed by atoms with E-state index in [1.165, 1.54) is 0 Å². The fourth-order valence-electron chi connectivity index (χ4n) is 0.503. The monoisotopic (exact) mass is 236 g/mol. The molecule has 0 aliphatic rings. The van der Waals surface area contributed by atoms with Crippen molar-refractivity contribution < 1.29 is 27.7 Å². The second-order valence-electron chi connectivity index (χ2n) is 2.01. The molecule has 0 saturated carbocycles. The van der Waals surface area contributed by atoms with Crippen molar-refractivity contribution in [1.29, 1.82) is 0 Å². The van der Waals surface area contributed by atoms with Crippen molar-refractivity contribution in [2.45, 2.75) is 11.7 Å². The number of carboxylic acid groups (broad SMARTS) is 1. The van der Waals surface area contributed by atoms with Gasteiger partial charge in [0.1, 0.15) is 0 Å². The summed E-state index contributed by atoms with van der Waals surface area (Å²) >= 11 is 0. The molecule has 13 heavy (non-hydrogen) atoms. The van der Waals surface area contributed by atoms with Gasteiger partial charge in [-0.3, -0.25) is 14.1 Å². The topological polar surface area (TPSA) is 135 Å². The zero-order chi connectivity index (χ0) is 9.94. The fraction of sp³-hybridized carbons (Fsp3) is 0.500. The molecule has 1 unspecified atom stereocenters. The van der Waals surface area contributed by atoms with Gasteiger partial charge in [0.15, 0.2) is 5.25 Å². The van der Waals surface area contributed by atoms with E-state index in [1.54, 1.807) is 0 Å². The Bertz CT molecular complexity index is 298. The van der Waals surface area contributed by atoms with Crippen molar-refractivity contribution in [1.82, 2.24) is 0 Å². The van der Waals surface area contributed by atoms with Crippen LogP contribution in [0.2, 0.25) is 0 Å². The number of carboxylic acids is 1. The van der Waals surface area contributed by atoms with E-state index in [1.807, 2.05) is 0 Å². The van der Waals surface area contributed by atoms with Crippen molar-refractivity contribution in [3.05, 3.63) is 0 Å². The van der Waals surface area contributed by atoms with Gasteiger partial charge in [0.05, 0.1) is 6.42 Å². The number of aliphatic carboxylic acids is 1. The van der Waals surface area contributed by atoms with Crippen LogP contribution in [-0.2, 0) is 19.7 Å². The number of carbonyl (C=O) groups is 2. The molecular weight excluding hydrogens is 229 g/mol. The third-order valence-corrected chi connectivity index (χ3v) is 2.11. The first-order valence-corrected chi connectivity index (χ1v) is 4.23. The van der Waals surface area contributed by atoms with E-state index < -0.39 is 33.7 Å². The van der Waals surface area contributed by atoms with Crippen molar-refractivity contribution in [3.8, 4) is 0 Å². The van der Waals surface area contributed by atoms with Gasteiger partial charge >= 0.3 is 5.97 Å².